The maximum absolute atomic E-state index is 13.6. The fourth-order valence-corrected chi connectivity index (χ4v) is 4.81. The summed E-state index contributed by atoms with van der Waals surface area (Å²) >= 11 is 5.55. The zero-order valence-corrected chi connectivity index (χ0v) is 18.4. The van der Waals surface area contributed by atoms with Crippen molar-refractivity contribution in [2.45, 2.75) is 31.8 Å². The lowest BCUT2D eigenvalue weighted by Crippen LogP contribution is -2.49. The number of aliphatic hydroxyl groups excluding tert-OH is 1. The molecule has 162 valence electrons. The van der Waals surface area contributed by atoms with Crippen LogP contribution in [0.2, 0.25) is 0 Å². The van der Waals surface area contributed by atoms with Gasteiger partial charge in [0.1, 0.15) is 27.8 Å². The number of carbonyl (C=O) groups excluding carboxylic acids is 1. The molecule has 1 aliphatic carbocycles. The van der Waals surface area contributed by atoms with Crippen LogP contribution in [-0.2, 0) is 11.3 Å². The molecule has 2 aromatic carbocycles. The molecule has 0 unspecified atom stereocenters. The Kier molecular flexibility index (Phi) is 6.13. The zero-order valence-electron chi connectivity index (χ0n) is 17.6. The Morgan fingerprint density at radius 3 is 2.65 bits per heavy atom. The minimum atomic E-state index is -0.257. The topological polar surface area (TPSA) is 71.0 Å². The van der Waals surface area contributed by atoms with Crippen molar-refractivity contribution in [3.8, 4) is 11.5 Å². The molecule has 6 nitrogen and oxygen atoms in total. The second kappa shape index (κ2) is 8.98. The van der Waals surface area contributed by atoms with E-state index < -0.39 is 0 Å². The lowest BCUT2D eigenvalue weighted by molar-refractivity contribution is -0.132. The van der Waals surface area contributed by atoms with Crippen LogP contribution in [-0.4, -0.2) is 41.2 Å². The summed E-state index contributed by atoms with van der Waals surface area (Å²) in [5.74, 6) is 1.10. The first-order valence-corrected chi connectivity index (χ1v) is 10.8. The molecule has 31 heavy (non-hydrogen) atoms. The third-order valence-electron chi connectivity index (χ3n) is 6.06. The number of aliphatic hydroxyl groups is 1. The summed E-state index contributed by atoms with van der Waals surface area (Å²) in [5.41, 5.74) is 1.84. The third-order valence-corrected chi connectivity index (χ3v) is 6.36. The minimum Gasteiger partial charge on any atom is -0.511 e. The van der Waals surface area contributed by atoms with Gasteiger partial charge < -0.3 is 24.8 Å². The first-order chi connectivity index (χ1) is 15.0. The molecule has 1 fully saturated rings. The van der Waals surface area contributed by atoms with E-state index in [1.165, 1.54) is 0 Å². The van der Waals surface area contributed by atoms with Gasteiger partial charge in [-0.25, -0.2) is 0 Å². The lowest BCUT2D eigenvalue weighted by atomic mass is 9.90. The van der Waals surface area contributed by atoms with Crippen LogP contribution >= 0.6 is 12.2 Å². The van der Waals surface area contributed by atoms with Crippen LogP contribution in [0, 0.1) is 5.92 Å². The van der Waals surface area contributed by atoms with Crippen LogP contribution in [0.1, 0.15) is 24.8 Å². The first-order valence-electron chi connectivity index (χ1n) is 10.3. The summed E-state index contributed by atoms with van der Waals surface area (Å²) in [6, 6.07) is 14.9. The standard InChI is InChI=1S/C24H26N2O4S/c1-29-17-12-11-15(20(13-17)30-2)14-26-19-10-6-9-18(19)22(27)21(24(26)28)23(31)25-16-7-4-3-5-8-16/h3-5,7-8,11-13,18-19,27H,6,9-10,14H2,1-2H3,(H,25,31)/t18-,19+/m0/s1. The molecular formula is C24H26N2O4S. The predicted octanol–water partition coefficient (Wildman–Crippen LogP) is 4.47. The van der Waals surface area contributed by atoms with E-state index in [-0.39, 0.29) is 34.2 Å². The molecule has 0 saturated heterocycles. The average molecular weight is 439 g/mol. The Bertz CT molecular complexity index is 1020. The van der Waals surface area contributed by atoms with E-state index in [1.807, 2.05) is 53.4 Å². The molecular weight excluding hydrogens is 412 g/mol. The molecule has 1 heterocycles. The van der Waals surface area contributed by atoms with Gasteiger partial charge in [-0.2, -0.15) is 0 Å². The first kappa shape index (κ1) is 21.2. The molecule has 0 bridgehead atoms. The Labute approximate surface area is 187 Å². The normalized spacial score (nSPS) is 20.5. The average Bonchev–Trinajstić information content (AvgIpc) is 3.27. The zero-order chi connectivity index (χ0) is 22.0. The van der Waals surface area contributed by atoms with Gasteiger partial charge in [-0.05, 0) is 37.1 Å². The van der Waals surface area contributed by atoms with Crippen LogP contribution < -0.4 is 14.8 Å². The number of anilines is 1. The van der Waals surface area contributed by atoms with Crippen molar-refractivity contribution in [2.24, 2.45) is 5.92 Å². The van der Waals surface area contributed by atoms with Gasteiger partial charge in [0, 0.05) is 35.8 Å². The van der Waals surface area contributed by atoms with Crippen molar-refractivity contribution >= 4 is 28.8 Å². The number of rotatable bonds is 6. The van der Waals surface area contributed by atoms with Crippen molar-refractivity contribution in [2.75, 3.05) is 19.5 Å². The number of fused-ring (bicyclic) bond motifs is 1. The van der Waals surface area contributed by atoms with Crippen LogP contribution in [0.25, 0.3) is 0 Å². The molecule has 2 aliphatic rings. The van der Waals surface area contributed by atoms with Gasteiger partial charge in [0.2, 0.25) is 0 Å². The number of amides is 1. The summed E-state index contributed by atoms with van der Waals surface area (Å²) in [5, 5.41) is 14.1. The number of nitrogens with zero attached hydrogens (tertiary/aromatic N) is 1. The van der Waals surface area contributed by atoms with Gasteiger partial charge in [0.15, 0.2) is 0 Å². The molecule has 0 radical (unpaired) electrons. The van der Waals surface area contributed by atoms with E-state index in [2.05, 4.69) is 5.32 Å². The molecule has 7 heteroatoms. The van der Waals surface area contributed by atoms with E-state index >= 15 is 0 Å². The van der Waals surface area contributed by atoms with Crippen LogP contribution in [0.4, 0.5) is 5.69 Å². The van der Waals surface area contributed by atoms with Gasteiger partial charge in [0.05, 0.1) is 14.2 Å². The van der Waals surface area contributed by atoms with E-state index in [0.29, 0.717) is 18.0 Å². The Hall–Kier alpha value is -3.06. The molecule has 1 aliphatic heterocycles. The summed E-state index contributed by atoms with van der Waals surface area (Å²) in [6.45, 7) is 0.373. The van der Waals surface area contributed by atoms with Gasteiger partial charge in [-0.1, -0.05) is 36.8 Å². The van der Waals surface area contributed by atoms with Crippen LogP contribution in [0.15, 0.2) is 59.9 Å². The molecule has 2 N–H and O–H groups in total. The number of ether oxygens (including phenoxy) is 2. The second-order valence-electron chi connectivity index (χ2n) is 7.80. The second-order valence-corrected chi connectivity index (χ2v) is 8.20. The Morgan fingerprint density at radius 1 is 1.16 bits per heavy atom. The van der Waals surface area contributed by atoms with E-state index in [0.717, 1.165) is 30.5 Å². The molecule has 0 aromatic heterocycles. The highest BCUT2D eigenvalue weighted by atomic mass is 32.1. The number of methoxy groups -OCH3 is 2. The SMILES string of the molecule is COc1ccc(CN2C(=O)C(C(=S)Nc3ccccc3)=C(O)[C@H]3CCC[C@H]32)c(OC)c1. The largest absolute Gasteiger partial charge is 0.511 e. The van der Waals surface area contributed by atoms with Crippen molar-refractivity contribution in [1.29, 1.82) is 0 Å². The third kappa shape index (κ3) is 4.10. The van der Waals surface area contributed by atoms with Gasteiger partial charge in [0.25, 0.3) is 5.91 Å². The van der Waals surface area contributed by atoms with Crippen molar-refractivity contribution in [3.63, 3.8) is 0 Å². The monoisotopic (exact) mass is 438 g/mol. The Balaban J connectivity index is 1.65. The molecule has 0 spiro atoms. The van der Waals surface area contributed by atoms with E-state index in [4.69, 9.17) is 21.7 Å². The van der Waals surface area contributed by atoms with Gasteiger partial charge in [-0.15, -0.1) is 0 Å². The fourth-order valence-electron chi connectivity index (χ4n) is 4.51. The fraction of sp³-hybridized carbons (Fsp3) is 0.333. The highest BCUT2D eigenvalue weighted by Crippen LogP contribution is 2.41. The van der Waals surface area contributed by atoms with Gasteiger partial charge >= 0.3 is 0 Å². The maximum Gasteiger partial charge on any atom is 0.260 e. The summed E-state index contributed by atoms with van der Waals surface area (Å²) in [4.78, 5) is 15.6. The van der Waals surface area contributed by atoms with Crippen LogP contribution in [0.3, 0.4) is 0 Å². The van der Waals surface area contributed by atoms with Crippen LogP contribution in [0.5, 0.6) is 11.5 Å². The molecule has 2 atom stereocenters. The maximum atomic E-state index is 13.6. The van der Waals surface area contributed by atoms with E-state index in [9.17, 15) is 9.90 Å². The molecule has 1 saturated carbocycles. The van der Waals surface area contributed by atoms with E-state index in [1.54, 1.807) is 14.2 Å². The highest BCUT2D eigenvalue weighted by Gasteiger charge is 2.45. The van der Waals surface area contributed by atoms with Gasteiger partial charge in [-0.3, -0.25) is 4.79 Å². The lowest BCUT2D eigenvalue weighted by Gasteiger charge is -2.38. The molecule has 4 rings (SSSR count). The molecule has 2 aromatic rings. The number of nitrogens with one attached hydrogen (secondary N) is 1. The van der Waals surface area contributed by atoms with Crippen molar-refractivity contribution in [3.05, 3.63) is 65.4 Å². The highest BCUT2D eigenvalue weighted by molar-refractivity contribution is 7.81. The minimum absolute atomic E-state index is 0.0532. The number of hydrogen-bond donors (Lipinski definition) is 2. The smallest absolute Gasteiger partial charge is 0.260 e. The number of benzene rings is 2. The number of carbonyl (C=O) groups is 1. The number of para-hydroxylation sites is 1. The summed E-state index contributed by atoms with van der Waals surface area (Å²) in [6.07, 6.45) is 2.64. The quantitative estimate of drug-likeness (QED) is 0.649. The predicted molar refractivity (Wildman–Crippen MR) is 124 cm³/mol. The number of thiocarbonyl (C=S) groups is 1. The molecule has 1 amide bonds. The Morgan fingerprint density at radius 2 is 1.94 bits per heavy atom. The summed E-state index contributed by atoms with van der Waals surface area (Å²) in [7, 11) is 3.21. The number of hydrogen-bond acceptors (Lipinski definition) is 5. The van der Waals surface area contributed by atoms with Crippen molar-refractivity contribution in [1.82, 2.24) is 4.90 Å². The van der Waals surface area contributed by atoms with Crippen molar-refractivity contribution < 1.29 is 19.4 Å². The summed E-state index contributed by atoms with van der Waals surface area (Å²) < 4.78 is 10.8.